The molecule has 3 N–H and O–H groups in total. The van der Waals surface area contributed by atoms with Crippen LogP contribution in [-0.2, 0) is 4.79 Å². The summed E-state index contributed by atoms with van der Waals surface area (Å²) in [5.74, 6) is -0.265. The first-order valence-corrected chi connectivity index (χ1v) is 6.22. The van der Waals surface area contributed by atoms with Gasteiger partial charge in [-0.05, 0) is 53.2 Å². The lowest BCUT2D eigenvalue weighted by Gasteiger charge is -2.37. The van der Waals surface area contributed by atoms with E-state index < -0.39 is 5.54 Å². The predicted octanol–water partition coefficient (Wildman–Crippen LogP) is 0.714. The molecule has 4 nitrogen and oxygen atoms in total. The van der Waals surface area contributed by atoms with Crippen molar-refractivity contribution in [3.63, 3.8) is 0 Å². The standard InChI is InChI=1S/C12H25N3O/c1-10(15-7-5-4-6-8-15)9-12(2,14-3)11(13)16/h10,14H,4-9H2,1-3H3,(H2,13,16). The van der Waals surface area contributed by atoms with Crippen molar-refractivity contribution in [3.8, 4) is 0 Å². The number of piperidine rings is 1. The van der Waals surface area contributed by atoms with Gasteiger partial charge in [-0.25, -0.2) is 0 Å². The number of hydrogen-bond acceptors (Lipinski definition) is 3. The van der Waals surface area contributed by atoms with Crippen LogP contribution in [0.15, 0.2) is 0 Å². The highest BCUT2D eigenvalue weighted by Crippen LogP contribution is 2.19. The second kappa shape index (κ2) is 5.64. The van der Waals surface area contributed by atoms with Gasteiger partial charge in [-0.15, -0.1) is 0 Å². The summed E-state index contributed by atoms with van der Waals surface area (Å²) in [5.41, 5.74) is 4.85. The maximum Gasteiger partial charge on any atom is 0.237 e. The molecule has 0 spiro atoms. The molecule has 4 heteroatoms. The summed E-state index contributed by atoms with van der Waals surface area (Å²) >= 11 is 0. The minimum absolute atomic E-state index is 0.265. The van der Waals surface area contributed by atoms with E-state index in [-0.39, 0.29) is 5.91 Å². The fraction of sp³-hybridized carbons (Fsp3) is 0.917. The van der Waals surface area contributed by atoms with Crippen LogP contribution in [0.2, 0.25) is 0 Å². The monoisotopic (exact) mass is 227 g/mol. The zero-order chi connectivity index (χ0) is 12.2. The highest BCUT2D eigenvalue weighted by atomic mass is 16.1. The van der Waals surface area contributed by atoms with E-state index in [4.69, 9.17) is 5.73 Å². The molecule has 0 saturated carbocycles. The quantitative estimate of drug-likeness (QED) is 0.727. The Hall–Kier alpha value is -0.610. The lowest BCUT2D eigenvalue weighted by atomic mass is 9.91. The second-order valence-electron chi connectivity index (χ2n) is 5.10. The fourth-order valence-electron chi connectivity index (χ4n) is 2.40. The fourth-order valence-corrected chi connectivity index (χ4v) is 2.40. The van der Waals surface area contributed by atoms with Crippen LogP contribution in [0, 0.1) is 0 Å². The highest BCUT2D eigenvalue weighted by molar-refractivity contribution is 5.84. The largest absolute Gasteiger partial charge is 0.368 e. The number of nitrogens with zero attached hydrogens (tertiary/aromatic N) is 1. The van der Waals surface area contributed by atoms with E-state index in [1.165, 1.54) is 19.3 Å². The molecule has 1 rings (SSSR count). The smallest absolute Gasteiger partial charge is 0.237 e. The van der Waals surface area contributed by atoms with Crippen LogP contribution in [0.25, 0.3) is 0 Å². The first-order valence-electron chi connectivity index (χ1n) is 6.22. The number of likely N-dealkylation sites (N-methyl/N-ethyl adjacent to an activating group) is 1. The molecule has 2 unspecified atom stereocenters. The average Bonchev–Trinajstić information content (AvgIpc) is 2.29. The third kappa shape index (κ3) is 3.19. The Morgan fingerprint density at radius 2 is 2.00 bits per heavy atom. The van der Waals surface area contributed by atoms with E-state index in [0.29, 0.717) is 6.04 Å². The Kier molecular flexibility index (Phi) is 4.74. The van der Waals surface area contributed by atoms with E-state index in [1.54, 1.807) is 7.05 Å². The van der Waals surface area contributed by atoms with E-state index in [9.17, 15) is 4.79 Å². The zero-order valence-electron chi connectivity index (χ0n) is 10.8. The summed E-state index contributed by atoms with van der Waals surface area (Å²) in [4.78, 5) is 13.9. The Labute approximate surface area is 98.6 Å². The molecule has 2 atom stereocenters. The minimum atomic E-state index is -0.586. The third-order valence-corrected chi connectivity index (χ3v) is 3.81. The van der Waals surface area contributed by atoms with Crippen molar-refractivity contribution >= 4 is 5.91 Å². The predicted molar refractivity (Wildman–Crippen MR) is 66.2 cm³/mol. The van der Waals surface area contributed by atoms with E-state index in [2.05, 4.69) is 17.1 Å². The van der Waals surface area contributed by atoms with Gasteiger partial charge < -0.3 is 16.0 Å². The summed E-state index contributed by atoms with van der Waals surface area (Å²) in [7, 11) is 1.80. The Bertz CT molecular complexity index is 238. The minimum Gasteiger partial charge on any atom is -0.368 e. The summed E-state index contributed by atoms with van der Waals surface area (Å²) in [6.07, 6.45) is 4.66. The lowest BCUT2D eigenvalue weighted by molar-refractivity contribution is -0.124. The number of carbonyl (C=O) groups excluding carboxylic acids is 1. The van der Waals surface area contributed by atoms with Gasteiger partial charge in [0.15, 0.2) is 0 Å². The third-order valence-electron chi connectivity index (χ3n) is 3.81. The van der Waals surface area contributed by atoms with E-state index in [1.807, 2.05) is 6.92 Å². The molecular weight excluding hydrogens is 202 g/mol. The molecule has 1 saturated heterocycles. The molecular formula is C12H25N3O. The van der Waals surface area contributed by atoms with Gasteiger partial charge in [0, 0.05) is 6.04 Å². The lowest BCUT2D eigenvalue weighted by Crippen LogP contribution is -2.55. The van der Waals surface area contributed by atoms with Crippen molar-refractivity contribution in [1.29, 1.82) is 0 Å². The molecule has 0 aromatic carbocycles. The van der Waals surface area contributed by atoms with Crippen molar-refractivity contribution < 1.29 is 4.79 Å². The van der Waals surface area contributed by atoms with Crippen LogP contribution in [0.5, 0.6) is 0 Å². The van der Waals surface area contributed by atoms with Crippen molar-refractivity contribution in [2.24, 2.45) is 5.73 Å². The number of likely N-dealkylation sites (tertiary alicyclic amines) is 1. The molecule has 0 bridgehead atoms. The van der Waals surface area contributed by atoms with Gasteiger partial charge in [0.05, 0.1) is 5.54 Å². The van der Waals surface area contributed by atoms with Crippen molar-refractivity contribution in [2.75, 3.05) is 20.1 Å². The van der Waals surface area contributed by atoms with Crippen LogP contribution < -0.4 is 11.1 Å². The first-order chi connectivity index (χ1) is 7.49. The van der Waals surface area contributed by atoms with Crippen LogP contribution in [-0.4, -0.2) is 42.5 Å². The molecule has 1 aliphatic rings. The molecule has 1 fully saturated rings. The number of primary amides is 1. The Balaban J connectivity index is 2.53. The first kappa shape index (κ1) is 13.5. The van der Waals surface area contributed by atoms with Crippen LogP contribution in [0.4, 0.5) is 0 Å². The van der Waals surface area contributed by atoms with Crippen molar-refractivity contribution in [1.82, 2.24) is 10.2 Å². The molecule has 1 amide bonds. The molecule has 0 aromatic heterocycles. The molecule has 16 heavy (non-hydrogen) atoms. The molecule has 0 aromatic rings. The SMILES string of the molecule is CNC(C)(CC(C)N1CCCCC1)C(N)=O. The summed E-state index contributed by atoms with van der Waals surface area (Å²) < 4.78 is 0. The van der Waals surface area contributed by atoms with Crippen molar-refractivity contribution in [3.05, 3.63) is 0 Å². The van der Waals surface area contributed by atoms with Gasteiger partial charge in [-0.3, -0.25) is 4.79 Å². The summed E-state index contributed by atoms with van der Waals surface area (Å²) in [6.45, 7) is 6.37. The molecule has 94 valence electrons. The summed E-state index contributed by atoms with van der Waals surface area (Å²) in [5, 5.41) is 3.05. The topological polar surface area (TPSA) is 58.4 Å². The number of amides is 1. The highest BCUT2D eigenvalue weighted by Gasteiger charge is 2.32. The Morgan fingerprint density at radius 1 is 1.44 bits per heavy atom. The van der Waals surface area contributed by atoms with Gasteiger partial charge in [0.25, 0.3) is 0 Å². The van der Waals surface area contributed by atoms with Gasteiger partial charge in [0.2, 0.25) is 5.91 Å². The van der Waals surface area contributed by atoms with Crippen LogP contribution in [0.3, 0.4) is 0 Å². The maximum absolute atomic E-state index is 11.4. The number of carbonyl (C=O) groups is 1. The average molecular weight is 227 g/mol. The Morgan fingerprint density at radius 3 is 2.44 bits per heavy atom. The number of nitrogens with two attached hydrogens (primary N) is 1. The zero-order valence-corrected chi connectivity index (χ0v) is 10.8. The number of nitrogens with one attached hydrogen (secondary N) is 1. The molecule has 0 radical (unpaired) electrons. The number of rotatable bonds is 5. The van der Waals surface area contributed by atoms with E-state index in [0.717, 1.165) is 19.5 Å². The van der Waals surface area contributed by atoms with Gasteiger partial charge >= 0.3 is 0 Å². The van der Waals surface area contributed by atoms with Gasteiger partial charge in [0.1, 0.15) is 0 Å². The van der Waals surface area contributed by atoms with E-state index >= 15 is 0 Å². The van der Waals surface area contributed by atoms with Crippen molar-refractivity contribution in [2.45, 2.75) is 51.1 Å². The van der Waals surface area contributed by atoms with Crippen LogP contribution in [0.1, 0.15) is 39.5 Å². The van der Waals surface area contributed by atoms with Gasteiger partial charge in [-0.1, -0.05) is 6.42 Å². The van der Waals surface area contributed by atoms with Crippen LogP contribution >= 0.6 is 0 Å². The van der Waals surface area contributed by atoms with Gasteiger partial charge in [-0.2, -0.15) is 0 Å². The normalized spacial score (nSPS) is 23.7. The summed E-state index contributed by atoms with van der Waals surface area (Å²) in [6, 6.07) is 0.408. The maximum atomic E-state index is 11.4. The second-order valence-corrected chi connectivity index (χ2v) is 5.10. The molecule has 1 aliphatic heterocycles. The number of hydrogen-bond donors (Lipinski definition) is 2. The molecule has 0 aliphatic carbocycles. The molecule has 1 heterocycles.